The van der Waals surface area contributed by atoms with E-state index >= 15 is 0 Å². The Kier molecular flexibility index (Phi) is 5.88. The van der Waals surface area contributed by atoms with Gasteiger partial charge in [0.25, 0.3) is 0 Å². The monoisotopic (exact) mass is 488 g/mol. The summed E-state index contributed by atoms with van der Waals surface area (Å²) in [5, 5.41) is 3.83. The molecule has 1 N–H and O–H groups in total. The summed E-state index contributed by atoms with van der Waals surface area (Å²) in [7, 11) is 0. The van der Waals surface area contributed by atoms with Gasteiger partial charge >= 0.3 is 11.9 Å². The molecule has 1 saturated heterocycles. The second-order valence-corrected chi connectivity index (χ2v) is 10.4. The van der Waals surface area contributed by atoms with E-state index in [1.54, 1.807) is 16.7 Å². The van der Waals surface area contributed by atoms with Gasteiger partial charge in [0, 0.05) is 47.6 Å². The predicted molar refractivity (Wildman–Crippen MR) is 131 cm³/mol. The zero-order chi connectivity index (χ0) is 24.2. The summed E-state index contributed by atoms with van der Waals surface area (Å²) in [6.45, 7) is 7.54. The summed E-state index contributed by atoms with van der Waals surface area (Å²) in [5.74, 6) is 0.981. The molecule has 0 aliphatic carbocycles. The maximum Gasteiger partial charge on any atom is 0.417 e. The average molecular weight is 489 g/mol. The molecule has 1 aromatic heterocycles. The van der Waals surface area contributed by atoms with Gasteiger partial charge in [-0.05, 0) is 44.6 Å². The van der Waals surface area contributed by atoms with E-state index < -0.39 is 17.4 Å². The van der Waals surface area contributed by atoms with Gasteiger partial charge in [0.1, 0.15) is 5.82 Å². The molecule has 3 heterocycles. The Balaban J connectivity index is 1.88. The lowest BCUT2D eigenvalue weighted by Gasteiger charge is -2.37. The first-order chi connectivity index (χ1) is 16.1. The Hall–Kier alpha value is -2.52. The van der Waals surface area contributed by atoms with E-state index in [2.05, 4.69) is 10.3 Å². The molecule has 34 heavy (non-hydrogen) atoms. The fourth-order valence-electron chi connectivity index (χ4n) is 5.11. The average Bonchev–Trinajstić information content (AvgIpc) is 2.99. The number of benzene rings is 2. The molecule has 3 aromatic rings. The van der Waals surface area contributed by atoms with Gasteiger partial charge in [-0.1, -0.05) is 29.8 Å². The van der Waals surface area contributed by atoms with Crippen LogP contribution in [0.4, 0.5) is 19.0 Å². The number of halogens is 3. The number of anilines is 1. The molecular formula is C25H27F3N4OS. The Labute approximate surface area is 200 Å². The minimum atomic E-state index is -4.56. The Morgan fingerprint density at radius 2 is 1.79 bits per heavy atom. The number of nitrogens with one attached hydrogen (secondary N) is 1. The third-order valence-corrected chi connectivity index (χ3v) is 7.65. The Morgan fingerprint density at radius 3 is 2.44 bits per heavy atom. The lowest BCUT2D eigenvalue weighted by atomic mass is 9.95. The van der Waals surface area contributed by atoms with Gasteiger partial charge < -0.3 is 10.2 Å². The summed E-state index contributed by atoms with van der Waals surface area (Å²) in [4.78, 5) is 20.0. The number of hydrogen-bond acceptors (Lipinski definition) is 5. The molecule has 180 valence electrons. The van der Waals surface area contributed by atoms with Crippen molar-refractivity contribution < 1.29 is 13.2 Å². The number of thioether (sulfide) groups is 1. The molecule has 2 aliphatic heterocycles. The molecule has 9 heteroatoms. The van der Waals surface area contributed by atoms with Crippen LogP contribution in [0.2, 0.25) is 0 Å². The zero-order valence-corrected chi connectivity index (χ0v) is 20.2. The molecule has 2 aromatic carbocycles. The van der Waals surface area contributed by atoms with E-state index in [1.165, 1.54) is 17.8 Å². The highest BCUT2D eigenvalue weighted by Crippen LogP contribution is 2.48. The van der Waals surface area contributed by atoms with Crippen LogP contribution in [0.25, 0.3) is 22.0 Å². The number of rotatable bonds is 2. The molecule has 1 fully saturated rings. The number of alkyl halides is 3. The predicted octanol–water partition coefficient (Wildman–Crippen LogP) is 5.07. The summed E-state index contributed by atoms with van der Waals surface area (Å²) in [6.07, 6.45) is -3.87. The number of hydrogen-bond donors (Lipinski definition) is 1. The molecular weight excluding hydrogens is 461 g/mol. The normalized spacial score (nSPS) is 21.1. The molecule has 0 saturated carbocycles. The largest absolute Gasteiger partial charge is 0.417 e. The van der Waals surface area contributed by atoms with Crippen LogP contribution in [-0.2, 0) is 12.7 Å². The summed E-state index contributed by atoms with van der Waals surface area (Å²) >= 11 is 1.40. The second-order valence-electron chi connectivity index (χ2n) is 9.33. The molecule has 0 amide bonds. The first-order valence-electron chi connectivity index (χ1n) is 11.5. The van der Waals surface area contributed by atoms with E-state index in [4.69, 9.17) is 0 Å². The Bertz CT molecular complexity index is 1290. The van der Waals surface area contributed by atoms with Gasteiger partial charge in [0.05, 0.1) is 11.1 Å². The highest BCUT2D eigenvalue weighted by Gasteiger charge is 2.38. The summed E-state index contributed by atoms with van der Waals surface area (Å²) in [5.41, 5.74) is 1.12. The van der Waals surface area contributed by atoms with Crippen LogP contribution in [-0.4, -0.2) is 40.5 Å². The van der Waals surface area contributed by atoms with Gasteiger partial charge in [0.15, 0.2) is 0 Å². The van der Waals surface area contributed by atoms with Crippen LogP contribution in [0.15, 0.2) is 40.0 Å². The number of piperazine rings is 1. The standard InChI is InChI=1S/C25H27F3N4OS/c1-14-5-7-17(8-6-14)20-19(25(26,27)28)11-18-21-22(20)34-10-4-9-32(21)24(33)30-23(18)31-12-15(2)29-16(3)13-31/h5-8,11,15-16,29H,4,9-10,12-13H2,1-3H3. The molecule has 5 rings (SSSR count). The van der Waals surface area contributed by atoms with Crippen LogP contribution in [0, 0.1) is 6.92 Å². The maximum atomic E-state index is 14.5. The van der Waals surface area contributed by atoms with E-state index in [-0.39, 0.29) is 17.6 Å². The SMILES string of the molecule is Cc1ccc(-c2c(C(F)(F)F)cc3c(N4CC(C)NC(C)C4)nc(=O)n4c3c2SCCC4)cc1. The van der Waals surface area contributed by atoms with Crippen molar-refractivity contribution >= 4 is 28.5 Å². The van der Waals surface area contributed by atoms with Gasteiger partial charge in [0.2, 0.25) is 0 Å². The van der Waals surface area contributed by atoms with Gasteiger partial charge in [-0.25, -0.2) is 4.79 Å². The second kappa shape index (κ2) is 8.61. The third-order valence-electron chi connectivity index (χ3n) is 6.47. The van der Waals surface area contributed by atoms with Gasteiger partial charge in [-0.15, -0.1) is 11.8 Å². The number of nitrogens with zero attached hydrogens (tertiary/aromatic N) is 3. The highest BCUT2D eigenvalue weighted by molar-refractivity contribution is 7.99. The van der Waals surface area contributed by atoms with Crippen LogP contribution < -0.4 is 15.9 Å². The molecule has 0 spiro atoms. The topological polar surface area (TPSA) is 50.2 Å². The Morgan fingerprint density at radius 1 is 1.12 bits per heavy atom. The molecule has 2 aliphatic rings. The number of aromatic nitrogens is 2. The lowest BCUT2D eigenvalue weighted by molar-refractivity contribution is -0.137. The smallest absolute Gasteiger partial charge is 0.353 e. The van der Waals surface area contributed by atoms with Crippen LogP contribution in [0.3, 0.4) is 0 Å². The molecule has 5 nitrogen and oxygen atoms in total. The van der Waals surface area contributed by atoms with Crippen molar-refractivity contribution in [3.63, 3.8) is 0 Å². The van der Waals surface area contributed by atoms with Crippen molar-refractivity contribution in [3.8, 4) is 11.1 Å². The zero-order valence-electron chi connectivity index (χ0n) is 19.4. The van der Waals surface area contributed by atoms with E-state index in [9.17, 15) is 18.0 Å². The first kappa shape index (κ1) is 23.2. The van der Waals surface area contributed by atoms with Crippen LogP contribution in [0.5, 0.6) is 0 Å². The lowest BCUT2D eigenvalue weighted by Crippen LogP contribution is -2.55. The highest BCUT2D eigenvalue weighted by atomic mass is 32.2. The first-order valence-corrected chi connectivity index (χ1v) is 12.5. The van der Waals surface area contributed by atoms with E-state index in [0.29, 0.717) is 59.0 Å². The maximum absolute atomic E-state index is 14.5. The van der Waals surface area contributed by atoms with Crippen molar-refractivity contribution in [2.75, 3.05) is 23.7 Å². The minimum absolute atomic E-state index is 0.126. The van der Waals surface area contributed by atoms with Gasteiger partial charge in [-0.2, -0.15) is 18.2 Å². The molecule has 2 atom stereocenters. The van der Waals surface area contributed by atoms with Crippen molar-refractivity contribution in [2.24, 2.45) is 0 Å². The minimum Gasteiger partial charge on any atom is -0.353 e. The van der Waals surface area contributed by atoms with Crippen molar-refractivity contribution in [1.29, 1.82) is 0 Å². The molecule has 2 unspecified atom stereocenters. The van der Waals surface area contributed by atoms with Crippen LogP contribution in [0.1, 0.15) is 31.4 Å². The summed E-state index contributed by atoms with van der Waals surface area (Å²) in [6, 6.07) is 8.58. The third kappa shape index (κ3) is 4.09. The van der Waals surface area contributed by atoms with E-state index in [0.717, 1.165) is 5.56 Å². The van der Waals surface area contributed by atoms with Crippen molar-refractivity contribution in [2.45, 2.75) is 56.9 Å². The number of aryl methyl sites for hydroxylation is 2. The fraction of sp³-hybridized carbons (Fsp3) is 0.440. The van der Waals surface area contributed by atoms with Crippen molar-refractivity contribution in [1.82, 2.24) is 14.9 Å². The van der Waals surface area contributed by atoms with Gasteiger partial charge in [-0.3, -0.25) is 4.57 Å². The fourth-order valence-corrected chi connectivity index (χ4v) is 6.32. The quantitative estimate of drug-likeness (QED) is 0.546. The van der Waals surface area contributed by atoms with Crippen molar-refractivity contribution in [3.05, 3.63) is 51.9 Å². The molecule has 0 bridgehead atoms. The molecule has 0 radical (unpaired) electrons. The van der Waals surface area contributed by atoms with E-state index in [1.807, 2.05) is 37.8 Å². The summed E-state index contributed by atoms with van der Waals surface area (Å²) < 4.78 is 45.2. The van der Waals surface area contributed by atoms with Crippen LogP contribution >= 0.6 is 11.8 Å².